The van der Waals surface area contributed by atoms with Crippen LogP contribution in [0.25, 0.3) is 0 Å². The fourth-order valence-electron chi connectivity index (χ4n) is 1.58. The zero-order valence-electron chi connectivity index (χ0n) is 8.93. The average molecular weight is 231 g/mol. The molecule has 0 fully saturated rings. The minimum absolute atomic E-state index is 0.286. The number of rotatable bonds is 3. The maximum Gasteiger partial charge on any atom is 0.338 e. The molecule has 1 N–H and O–H groups in total. The Morgan fingerprint density at radius 1 is 1.24 bits per heavy atom. The summed E-state index contributed by atoms with van der Waals surface area (Å²) in [6.45, 7) is 0. The number of carbonyl (C=O) groups is 1. The van der Waals surface area contributed by atoms with Crippen molar-refractivity contribution in [2.75, 3.05) is 0 Å². The van der Waals surface area contributed by atoms with Gasteiger partial charge in [0.05, 0.1) is 5.56 Å². The fourth-order valence-corrected chi connectivity index (χ4v) is 1.58. The topological polar surface area (TPSA) is 50.2 Å². The van der Waals surface area contributed by atoms with Crippen LogP contribution < -0.4 is 0 Å². The van der Waals surface area contributed by atoms with Gasteiger partial charge in [0.15, 0.2) is 0 Å². The van der Waals surface area contributed by atoms with Gasteiger partial charge in [-0.2, -0.15) is 0 Å². The van der Waals surface area contributed by atoms with E-state index in [1.54, 1.807) is 30.5 Å². The molecule has 0 unspecified atom stereocenters. The molecular weight excluding hydrogens is 221 g/mol. The molecule has 0 saturated heterocycles. The van der Waals surface area contributed by atoms with Crippen LogP contribution in [0, 0.1) is 5.82 Å². The molecule has 0 aliphatic carbocycles. The van der Waals surface area contributed by atoms with E-state index < -0.39 is 11.8 Å². The van der Waals surface area contributed by atoms with Gasteiger partial charge in [0.25, 0.3) is 0 Å². The molecule has 0 aliphatic heterocycles. The van der Waals surface area contributed by atoms with Gasteiger partial charge < -0.3 is 5.11 Å². The van der Waals surface area contributed by atoms with Crippen molar-refractivity contribution >= 4 is 5.97 Å². The Hall–Kier alpha value is -2.23. The molecule has 1 heterocycles. The van der Waals surface area contributed by atoms with Crippen molar-refractivity contribution in [3.8, 4) is 0 Å². The van der Waals surface area contributed by atoms with Gasteiger partial charge in [-0.05, 0) is 23.8 Å². The third kappa shape index (κ3) is 2.47. The molecule has 17 heavy (non-hydrogen) atoms. The third-order valence-corrected chi connectivity index (χ3v) is 2.41. The molecule has 0 aliphatic rings. The second kappa shape index (κ2) is 4.74. The summed E-state index contributed by atoms with van der Waals surface area (Å²) in [5.41, 5.74) is 0.732. The summed E-state index contributed by atoms with van der Waals surface area (Å²) in [7, 11) is 0. The molecule has 0 amide bonds. The summed E-state index contributed by atoms with van der Waals surface area (Å²) in [6, 6.07) is 9.70. The van der Waals surface area contributed by atoms with Crippen LogP contribution in [-0.4, -0.2) is 16.1 Å². The zero-order chi connectivity index (χ0) is 12.3. The molecule has 0 radical (unpaired) electrons. The summed E-state index contributed by atoms with van der Waals surface area (Å²) in [5.74, 6) is -1.95. The van der Waals surface area contributed by atoms with Crippen LogP contribution in [0.1, 0.15) is 21.6 Å². The van der Waals surface area contributed by atoms with Gasteiger partial charge in [-0.15, -0.1) is 0 Å². The molecule has 1 aromatic heterocycles. The lowest BCUT2D eigenvalue weighted by Gasteiger charge is -2.05. The molecule has 86 valence electrons. The van der Waals surface area contributed by atoms with Crippen LogP contribution in [0.3, 0.4) is 0 Å². The second-order valence-electron chi connectivity index (χ2n) is 3.58. The van der Waals surface area contributed by atoms with Crippen LogP contribution in [0.5, 0.6) is 0 Å². The summed E-state index contributed by atoms with van der Waals surface area (Å²) in [5, 5.41) is 8.80. The largest absolute Gasteiger partial charge is 0.478 e. The van der Waals surface area contributed by atoms with Crippen molar-refractivity contribution in [1.82, 2.24) is 4.98 Å². The summed E-state index contributed by atoms with van der Waals surface area (Å²) >= 11 is 0. The number of nitrogens with zero attached hydrogens (tertiary/aromatic N) is 1. The molecule has 1 aromatic carbocycles. The van der Waals surface area contributed by atoms with Gasteiger partial charge in [-0.3, -0.25) is 4.98 Å². The number of carboxylic acids is 1. The number of benzene rings is 1. The fraction of sp³-hybridized carbons (Fsp3) is 0.0769. The van der Waals surface area contributed by atoms with E-state index in [2.05, 4.69) is 4.98 Å². The highest BCUT2D eigenvalue weighted by molar-refractivity contribution is 5.88. The number of carboxylic acid groups (broad SMARTS) is 1. The van der Waals surface area contributed by atoms with E-state index in [1.165, 1.54) is 12.1 Å². The lowest BCUT2D eigenvalue weighted by Crippen LogP contribution is -2.04. The first-order valence-electron chi connectivity index (χ1n) is 5.09. The predicted octanol–water partition coefficient (Wildman–Crippen LogP) is 2.51. The number of halogens is 1. The highest BCUT2D eigenvalue weighted by atomic mass is 19.1. The Kier molecular flexibility index (Phi) is 3.14. The summed E-state index contributed by atoms with van der Waals surface area (Å²) < 4.78 is 13.8. The minimum Gasteiger partial charge on any atom is -0.478 e. The van der Waals surface area contributed by atoms with Crippen LogP contribution >= 0.6 is 0 Å². The van der Waals surface area contributed by atoms with Crippen LogP contribution in [0.2, 0.25) is 0 Å². The number of aromatic carboxylic acids is 1. The molecule has 2 rings (SSSR count). The van der Waals surface area contributed by atoms with Crippen LogP contribution in [-0.2, 0) is 6.42 Å². The molecular formula is C13H10FNO2. The van der Waals surface area contributed by atoms with Gasteiger partial charge in [-0.25, -0.2) is 9.18 Å². The third-order valence-electron chi connectivity index (χ3n) is 2.41. The molecule has 0 bridgehead atoms. The maximum absolute atomic E-state index is 13.8. The standard InChI is InChI=1S/C13H10FNO2/c14-12-9(4-3-6-11(12)13(16)17)8-10-5-1-2-7-15-10/h1-7H,8H2,(H,16,17). The van der Waals surface area contributed by atoms with Crippen LogP contribution in [0.15, 0.2) is 42.6 Å². The van der Waals surface area contributed by atoms with E-state index in [0.29, 0.717) is 11.3 Å². The molecule has 0 saturated carbocycles. The number of hydrogen-bond acceptors (Lipinski definition) is 2. The van der Waals surface area contributed by atoms with E-state index in [9.17, 15) is 9.18 Å². The molecule has 0 spiro atoms. The first kappa shape index (κ1) is 11.3. The summed E-state index contributed by atoms with van der Waals surface area (Å²) in [6.07, 6.45) is 1.90. The maximum atomic E-state index is 13.8. The molecule has 3 nitrogen and oxygen atoms in total. The highest BCUT2D eigenvalue weighted by Gasteiger charge is 2.13. The van der Waals surface area contributed by atoms with E-state index in [-0.39, 0.29) is 12.0 Å². The highest BCUT2D eigenvalue weighted by Crippen LogP contribution is 2.16. The predicted molar refractivity (Wildman–Crippen MR) is 60.4 cm³/mol. The normalized spacial score (nSPS) is 10.2. The molecule has 2 aromatic rings. The molecule has 4 heteroatoms. The number of hydrogen-bond donors (Lipinski definition) is 1. The second-order valence-corrected chi connectivity index (χ2v) is 3.58. The monoisotopic (exact) mass is 231 g/mol. The average Bonchev–Trinajstić information content (AvgIpc) is 2.33. The minimum atomic E-state index is -1.26. The van der Waals surface area contributed by atoms with Crippen molar-refractivity contribution in [3.63, 3.8) is 0 Å². The van der Waals surface area contributed by atoms with Gasteiger partial charge in [-0.1, -0.05) is 18.2 Å². The Balaban J connectivity index is 2.34. The Bertz CT molecular complexity index is 540. The Labute approximate surface area is 97.6 Å². The number of pyridine rings is 1. The van der Waals surface area contributed by atoms with Crippen molar-refractivity contribution in [2.24, 2.45) is 0 Å². The number of aromatic nitrogens is 1. The SMILES string of the molecule is O=C(O)c1cccc(Cc2ccccn2)c1F. The smallest absolute Gasteiger partial charge is 0.338 e. The van der Waals surface area contributed by atoms with E-state index in [0.717, 1.165) is 0 Å². The van der Waals surface area contributed by atoms with E-state index in [1.807, 2.05) is 0 Å². The van der Waals surface area contributed by atoms with Crippen molar-refractivity contribution in [1.29, 1.82) is 0 Å². The van der Waals surface area contributed by atoms with Crippen LogP contribution in [0.4, 0.5) is 4.39 Å². The molecule has 0 atom stereocenters. The van der Waals surface area contributed by atoms with E-state index in [4.69, 9.17) is 5.11 Å². The first-order chi connectivity index (χ1) is 8.18. The van der Waals surface area contributed by atoms with Gasteiger partial charge in [0, 0.05) is 18.3 Å². The Morgan fingerprint density at radius 3 is 2.71 bits per heavy atom. The first-order valence-corrected chi connectivity index (χ1v) is 5.09. The zero-order valence-corrected chi connectivity index (χ0v) is 8.93. The van der Waals surface area contributed by atoms with Gasteiger partial charge in [0.1, 0.15) is 5.82 Å². The van der Waals surface area contributed by atoms with Gasteiger partial charge in [0.2, 0.25) is 0 Å². The Morgan fingerprint density at radius 2 is 2.06 bits per heavy atom. The van der Waals surface area contributed by atoms with E-state index >= 15 is 0 Å². The lowest BCUT2D eigenvalue weighted by molar-refractivity contribution is 0.0691. The van der Waals surface area contributed by atoms with Crippen molar-refractivity contribution in [3.05, 3.63) is 65.2 Å². The van der Waals surface area contributed by atoms with Gasteiger partial charge >= 0.3 is 5.97 Å². The summed E-state index contributed by atoms with van der Waals surface area (Å²) in [4.78, 5) is 14.8. The van der Waals surface area contributed by atoms with Crippen molar-refractivity contribution in [2.45, 2.75) is 6.42 Å². The lowest BCUT2D eigenvalue weighted by atomic mass is 10.0. The quantitative estimate of drug-likeness (QED) is 0.882. The van der Waals surface area contributed by atoms with Crippen molar-refractivity contribution < 1.29 is 14.3 Å².